The first kappa shape index (κ1) is 11.9. The van der Waals surface area contributed by atoms with E-state index >= 15 is 0 Å². The zero-order valence-electron chi connectivity index (χ0n) is 8.17. The third-order valence-electron chi connectivity index (χ3n) is 2.10. The molecule has 0 spiro atoms. The number of rotatable bonds is 2. The van der Waals surface area contributed by atoms with Gasteiger partial charge in [-0.2, -0.15) is 0 Å². The lowest BCUT2D eigenvalue weighted by atomic mass is 9.99. The van der Waals surface area contributed by atoms with E-state index in [0.717, 1.165) is 0 Å². The van der Waals surface area contributed by atoms with Crippen LogP contribution in [0.2, 0.25) is 0 Å². The van der Waals surface area contributed by atoms with Gasteiger partial charge in [0, 0.05) is 5.56 Å². The highest BCUT2D eigenvalue weighted by Gasteiger charge is 2.26. The fraction of sp³-hybridized carbons (Fsp3) is 0.400. The van der Waals surface area contributed by atoms with Gasteiger partial charge in [-0.15, -0.1) is 0 Å². The smallest absolute Gasteiger partial charge is 0.168 e. The Morgan fingerprint density at radius 2 is 1.27 bits per heavy atom. The summed E-state index contributed by atoms with van der Waals surface area (Å²) in [7, 11) is 0. The van der Waals surface area contributed by atoms with E-state index in [2.05, 4.69) is 0 Å². The first-order valence-electron chi connectivity index (χ1n) is 4.32. The fourth-order valence-electron chi connectivity index (χ4n) is 1.32. The van der Waals surface area contributed by atoms with E-state index in [1.165, 1.54) is 13.8 Å². The maximum absolute atomic E-state index is 13.2. The van der Waals surface area contributed by atoms with Crippen molar-refractivity contribution in [2.75, 3.05) is 0 Å². The summed E-state index contributed by atoms with van der Waals surface area (Å²) in [6, 6.07) is 0. The van der Waals surface area contributed by atoms with Crippen molar-refractivity contribution >= 4 is 0 Å². The van der Waals surface area contributed by atoms with Crippen LogP contribution < -0.4 is 0 Å². The summed E-state index contributed by atoms with van der Waals surface area (Å²) >= 11 is 0. The molecule has 0 unspecified atom stereocenters. The number of hydrogen-bond acceptors (Lipinski definition) is 0. The van der Waals surface area contributed by atoms with Crippen LogP contribution in [0.4, 0.5) is 22.0 Å². The van der Waals surface area contributed by atoms with Crippen molar-refractivity contribution in [2.45, 2.75) is 26.4 Å². The number of hydrogen-bond donors (Lipinski definition) is 0. The Labute approximate surface area is 83.7 Å². The Bertz CT molecular complexity index is 355. The molecule has 1 aromatic rings. The molecule has 0 amide bonds. The SMILES string of the molecule is CC(C)c1c(F)c(F)c(CF)c(F)c1F. The third-order valence-corrected chi connectivity index (χ3v) is 2.10. The van der Waals surface area contributed by atoms with E-state index < -0.39 is 47.0 Å². The molecule has 0 aliphatic carbocycles. The summed E-state index contributed by atoms with van der Waals surface area (Å²) in [5, 5.41) is 0. The van der Waals surface area contributed by atoms with Gasteiger partial charge in [-0.3, -0.25) is 0 Å². The van der Waals surface area contributed by atoms with Crippen molar-refractivity contribution in [1.82, 2.24) is 0 Å². The minimum Gasteiger partial charge on any atom is -0.246 e. The van der Waals surface area contributed by atoms with E-state index in [9.17, 15) is 22.0 Å². The van der Waals surface area contributed by atoms with Crippen molar-refractivity contribution in [3.8, 4) is 0 Å². The van der Waals surface area contributed by atoms with Crippen LogP contribution in [0.1, 0.15) is 30.9 Å². The van der Waals surface area contributed by atoms with E-state index in [1.807, 2.05) is 0 Å². The molecule has 0 aromatic heterocycles. The van der Waals surface area contributed by atoms with Crippen LogP contribution in [0, 0.1) is 23.3 Å². The van der Waals surface area contributed by atoms with Crippen LogP contribution in [0.3, 0.4) is 0 Å². The van der Waals surface area contributed by atoms with Crippen LogP contribution in [0.25, 0.3) is 0 Å². The van der Waals surface area contributed by atoms with Gasteiger partial charge in [0.05, 0.1) is 5.56 Å². The van der Waals surface area contributed by atoms with E-state index in [0.29, 0.717) is 0 Å². The Kier molecular flexibility index (Phi) is 3.31. The molecule has 1 rings (SSSR count). The largest absolute Gasteiger partial charge is 0.246 e. The van der Waals surface area contributed by atoms with Crippen molar-refractivity contribution in [2.24, 2.45) is 0 Å². The van der Waals surface area contributed by atoms with Crippen molar-refractivity contribution in [3.05, 3.63) is 34.4 Å². The molecule has 0 N–H and O–H groups in total. The molecule has 0 nitrogen and oxygen atoms in total. The molecule has 15 heavy (non-hydrogen) atoms. The van der Waals surface area contributed by atoms with Gasteiger partial charge in [0.15, 0.2) is 23.3 Å². The first-order chi connectivity index (χ1) is 6.91. The summed E-state index contributed by atoms with van der Waals surface area (Å²) in [4.78, 5) is 0. The number of halogens is 5. The lowest BCUT2D eigenvalue weighted by Crippen LogP contribution is -2.09. The Morgan fingerprint density at radius 3 is 1.53 bits per heavy atom. The fourth-order valence-corrected chi connectivity index (χ4v) is 1.32. The molecule has 1 aromatic carbocycles. The maximum atomic E-state index is 13.2. The minimum absolute atomic E-state index is 0.692. The normalized spacial score (nSPS) is 11.2. The molecular formula is C10H9F5. The van der Waals surface area contributed by atoms with E-state index in [-0.39, 0.29) is 0 Å². The lowest BCUT2D eigenvalue weighted by Gasteiger charge is -2.12. The van der Waals surface area contributed by atoms with Gasteiger partial charge in [-0.1, -0.05) is 13.8 Å². The summed E-state index contributed by atoms with van der Waals surface area (Å²) in [5.74, 6) is -7.06. The monoisotopic (exact) mass is 224 g/mol. The molecular weight excluding hydrogens is 215 g/mol. The van der Waals surface area contributed by atoms with Gasteiger partial charge in [-0.25, -0.2) is 22.0 Å². The lowest BCUT2D eigenvalue weighted by molar-refractivity contribution is 0.385. The highest BCUT2D eigenvalue weighted by molar-refractivity contribution is 5.31. The van der Waals surface area contributed by atoms with Gasteiger partial charge < -0.3 is 0 Å². The zero-order chi connectivity index (χ0) is 11.7. The molecule has 0 aliphatic rings. The Morgan fingerprint density at radius 1 is 0.867 bits per heavy atom. The topological polar surface area (TPSA) is 0 Å². The van der Waals surface area contributed by atoms with Crippen LogP contribution >= 0.6 is 0 Å². The minimum atomic E-state index is -1.65. The second-order valence-electron chi connectivity index (χ2n) is 3.44. The predicted octanol–water partition coefficient (Wildman–Crippen LogP) is 3.84. The van der Waals surface area contributed by atoms with Gasteiger partial charge in [0.1, 0.15) is 6.67 Å². The van der Waals surface area contributed by atoms with Gasteiger partial charge in [0.2, 0.25) is 0 Å². The predicted molar refractivity (Wildman–Crippen MR) is 45.2 cm³/mol. The average molecular weight is 224 g/mol. The van der Waals surface area contributed by atoms with Crippen LogP contribution in [-0.2, 0) is 6.67 Å². The Hall–Kier alpha value is -1.13. The summed E-state index contributed by atoms with van der Waals surface area (Å²) < 4.78 is 64.6. The van der Waals surface area contributed by atoms with Crippen molar-refractivity contribution in [3.63, 3.8) is 0 Å². The Balaban J connectivity index is 3.59. The highest BCUT2D eigenvalue weighted by Crippen LogP contribution is 2.29. The van der Waals surface area contributed by atoms with Crippen molar-refractivity contribution < 1.29 is 22.0 Å². The van der Waals surface area contributed by atoms with Gasteiger partial charge in [-0.05, 0) is 5.92 Å². The van der Waals surface area contributed by atoms with Gasteiger partial charge in [0.25, 0.3) is 0 Å². The highest BCUT2D eigenvalue weighted by atomic mass is 19.2. The standard InChI is InChI=1S/C10H9F5/c1-4(2)6-9(14)7(12)5(3-11)8(13)10(6)15/h4H,3H2,1-2H3. The zero-order valence-corrected chi connectivity index (χ0v) is 8.17. The molecule has 0 bridgehead atoms. The van der Waals surface area contributed by atoms with E-state index in [4.69, 9.17) is 0 Å². The van der Waals surface area contributed by atoms with Crippen LogP contribution in [-0.4, -0.2) is 0 Å². The summed E-state index contributed by atoms with van der Waals surface area (Å²) in [5.41, 5.74) is -1.89. The van der Waals surface area contributed by atoms with Gasteiger partial charge >= 0.3 is 0 Å². The molecule has 0 radical (unpaired) electrons. The molecule has 0 saturated heterocycles. The maximum Gasteiger partial charge on any atom is 0.168 e. The molecule has 5 heteroatoms. The number of alkyl halides is 1. The van der Waals surface area contributed by atoms with E-state index in [1.54, 1.807) is 0 Å². The molecule has 0 heterocycles. The van der Waals surface area contributed by atoms with Crippen LogP contribution in [0.5, 0.6) is 0 Å². The number of benzene rings is 1. The molecule has 0 aliphatic heterocycles. The van der Waals surface area contributed by atoms with Crippen LogP contribution in [0.15, 0.2) is 0 Å². The average Bonchev–Trinajstić information content (AvgIpc) is 2.16. The molecule has 84 valence electrons. The summed E-state index contributed by atoms with van der Waals surface area (Å²) in [6.07, 6.45) is 0. The molecule has 0 fully saturated rings. The third kappa shape index (κ3) is 1.82. The quantitative estimate of drug-likeness (QED) is 0.529. The molecule has 0 atom stereocenters. The second-order valence-corrected chi connectivity index (χ2v) is 3.44. The second kappa shape index (κ2) is 4.16. The van der Waals surface area contributed by atoms with Crippen molar-refractivity contribution in [1.29, 1.82) is 0 Å². The first-order valence-corrected chi connectivity index (χ1v) is 4.32. The summed E-state index contributed by atoms with van der Waals surface area (Å²) in [6.45, 7) is 1.19. The molecule has 0 saturated carbocycles.